The summed E-state index contributed by atoms with van der Waals surface area (Å²) in [5, 5.41) is 7.31. The first-order chi connectivity index (χ1) is 15.7. The Labute approximate surface area is 190 Å². The quantitative estimate of drug-likeness (QED) is 0.545. The van der Waals surface area contributed by atoms with Crippen LogP contribution in [0.25, 0.3) is 11.4 Å². The van der Waals surface area contributed by atoms with Gasteiger partial charge >= 0.3 is 0 Å². The van der Waals surface area contributed by atoms with Crippen LogP contribution in [-0.2, 0) is 17.8 Å². The zero-order chi connectivity index (χ0) is 22.2. The third-order valence-electron chi connectivity index (χ3n) is 6.33. The highest BCUT2D eigenvalue weighted by Crippen LogP contribution is 2.21. The lowest BCUT2D eigenvalue weighted by Gasteiger charge is -2.30. The van der Waals surface area contributed by atoms with E-state index in [1.165, 1.54) is 5.56 Å². The lowest BCUT2D eigenvalue weighted by molar-refractivity contribution is -0.126. The molecule has 6 nitrogen and oxygen atoms in total. The molecule has 32 heavy (non-hydrogen) atoms. The van der Waals surface area contributed by atoms with Crippen LogP contribution in [0.1, 0.15) is 37.6 Å². The van der Waals surface area contributed by atoms with Gasteiger partial charge in [0.05, 0.1) is 6.54 Å². The van der Waals surface area contributed by atoms with E-state index in [-0.39, 0.29) is 11.8 Å². The molecular formula is C26H32N4O2. The van der Waals surface area contributed by atoms with Gasteiger partial charge in [0.15, 0.2) is 0 Å². The maximum Gasteiger partial charge on any atom is 0.241 e. The average molecular weight is 433 g/mol. The third-order valence-corrected chi connectivity index (χ3v) is 6.33. The molecule has 1 saturated heterocycles. The molecule has 3 aromatic rings. The predicted octanol–water partition coefficient (Wildman–Crippen LogP) is 4.33. The largest absolute Gasteiger partial charge is 0.356 e. The maximum absolute atomic E-state index is 12.7. The van der Waals surface area contributed by atoms with Crippen molar-refractivity contribution in [2.45, 2.75) is 39.2 Å². The van der Waals surface area contributed by atoms with E-state index in [0.29, 0.717) is 24.2 Å². The van der Waals surface area contributed by atoms with Crippen LogP contribution < -0.4 is 5.32 Å². The predicted molar refractivity (Wildman–Crippen MR) is 125 cm³/mol. The molecule has 1 fully saturated rings. The Hall–Kier alpha value is -2.99. The van der Waals surface area contributed by atoms with Crippen LogP contribution in [0.5, 0.6) is 0 Å². The van der Waals surface area contributed by atoms with Crippen LogP contribution in [0.2, 0.25) is 0 Å². The lowest BCUT2D eigenvalue weighted by Crippen LogP contribution is -2.41. The van der Waals surface area contributed by atoms with E-state index < -0.39 is 0 Å². The fourth-order valence-electron chi connectivity index (χ4n) is 4.27. The Morgan fingerprint density at radius 3 is 2.47 bits per heavy atom. The molecule has 0 bridgehead atoms. The number of carbonyl (C=O) groups excluding carboxylic acids is 1. The van der Waals surface area contributed by atoms with Gasteiger partial charge in [-0.3, -0.25) is 9.69 Å². The Bertz CT molecular complexity index is 966. The summed E-state index contributed by atoms with van der Waals surface area (Å²) in [6.07, 6.45) is 3.79. The van der Waals surface area contributed by atoms with E-state index in [1.54, 1.807) is 0 Å². The van der Waals surface area contributed by atoms with Crippen molar-refractivity contribution in [3.8, 4) is 11.4 Å². The van der Waals surface area contributed by atoms with Crippen LogP contribution in [0, 0.1) is 11.8 Å². The van der Waals surface area contributed by atoms with Crippen LogP contribution in [-0.4, -0.2) is 40.6 Å². The fourth-order valence-corrected chi connectivity index (χ4v) is 4.27. The molecule has 1 aliphatic heterocycles. The van der Waals surface area contributed by atoms with Crippen molar-refractivity contribution >= 4 is 5.91 Å². The Balaban J connectivity index is 1.20. The van der Waals surface area contributed by atoms with E-state index in [0.717, 1.165) is 50.9 Å². The summed E-state index contributed by atoms with van der Waals surface area (Å²) in [5.41, 5.74) is 2.29. The SMILES string of the molecule is CCC(CNC(=O)C1CCN(Cc2nc(-c3ccccc3)no2)CC1)Cc1ccccc1. The minimum Gasteiger partial charge on any atom is -0.356 e. The molecular weight excluding hydrogens is 400 g/mol. The van der Waals surface area contributed by atoms with E-state index >= 15 is 0 Å². The molecule has 1 amide bonds. The minimum absolute atomic E-state index is 0.0862. The Morgan fingerprint density at radius 2 is 1.78 bits per heavy atom. The molecule has 0 saturated carbocycles. The standard InChI is InChI=1S/C26H32N4O2/c1-2-20(17-21-9-5-3-6-10-21)18-27-26(31)23-13-15-30(16-14-23)19-24-28-25(29-32-24)22-11-7-4-8-12-22/h3-12,20,23H,2,13-19H2,1H3,(H,27,31). The fraction of sp³-hybridized carbons (Fsp3) is 0.423. The van der Waals surface area contributed by atoms with Gasteiger partial charge in [0, 0.05) is 18.0 Å². The number of benzene rings is 2. The molecule has 6 heteroatoms. The number of aromatic nitrogens is 2. The van der Waals surface area contributed by atoms with Gasteiger partial charge in [-0.2, -0.15) is 4.98 Å². The highest BCUT2D eigenvalue weighted by Gasteiger charge is 2.26. The second-order valence-corrected chi connectivity index (χ2v) is 8.64. The van der Waals surface area contributed by atoms with Gasteiger partial charge in [-0.15, -0.1) is 0 Å². The van der Waals surface area contributed by atoms with Crippen LogP contribution in [0.3, 0.4) is 0 Å². The Morgan fingerprint density at radius 1 is 1.09 bits per heavy atom. The van der Waals surface area contributed by atoms with Crippen molar-refractivity contribution in [3.05, 3.63) is 72.1 Å². The molecule has 2 aromatic carbocycles. The van der Waals surface area contributed by atoms with E-state index in [4.69, 9.17) is 4.52 Å². The number of rotatable bonds is 9. The zero-order valence-corrected chi connectivity index (χ0v) is 18.7. The molecule has 1 aromatic heterocycles. The number of hydrogen-bond donors (Lipinski definition) is 1. The number of piperidine rings is 1. The zero-order valence-electron chi connectivity index (χ0n) is 18.7. The van der Waals surface area contributed by atoms with Gasteiger partial charge in [0.1, 0.15) is 0 Å². The van der Waals surface area contributed by atoms with Crippen molar-refractivity contribution in [1.82, 2.24) is 20.4 Å². The van der Waals surface area contributed by atoms with Crippen LogP contribution in [0.4, 0.5) is 0 Å². The highest BCUT2D eigenvalue weighted by molar-refractivity contribution is 5.78. The van der Waals surface area contributed by atoms with Gasteiger partial charge in [0.2, 0.25) is 17.6 Å². The summed E-state index contributed by atoms with van der Waals surface area (Å²) in [7, 11) is 0. The molecule has 1 N–H and O–H groups in total. The van der Waals surface area contributed by atoms with Crippen molar-refractivity contribution < 1.29 is 9.32 Å². The number of hydrogen-bond acceptors (Lipinski definition) is 5. The summed E-state index contributed by atoms with van der Waals surface area (Å²) < 4.78 is 5.44. The second kappa shape index (κ2) is 11.0. The number of nitrogens with zero attached hydrogens (tertiary/aromatic N) is 3. The van der Waals surface area contributed by atoms with E-state index in [1.807, 2.05) is 36.4 Å². The number of likely N-dealkylation sites (tertiary alicyclic amines) is 1. The van der Waals surface area contributed by atoms with Gasteiger partial charge in [-0.05, 0) is 43.8 Å². The first-order valence-electron chi connectivity index (χ1n) is 11.6. The normalized spacial score (nSPS) is 16.0. The lowest BCUT2D eigenvalue weighted by atomic mass is 9.94. The van der Waals surface area contributed by atoms with Gasteiger partial charge in [-0.25, -0.2) is 0 Å². The summed E-state index contributed by atoms with van der Waals surface area (Å²) in [5.74, 6) is 2.00. The number of amides is 1. The topological polar surface area (TPSA) is 71.3 Å². The summed E-state index contributed by atoms with van der Waals surface area (Å²) in [4.78, 5) is 19.5. The van der Waals surface area contributed by atoms with E-state index in [9.17, 15) is 4.79 Å². The minimum atomic E-state index is 0.0862. The third kappa shape index (κ3) is 6.04. The monoisotopic (exact) mass is 432 g/mol. The molecule has 2 heterocycles. The molecule has 0 radical (unpaired) electrons. The number of carbonyl (C=O) groups is 1. The van der Waals surface area contributed by atoms with Gasteiger partial charge < -0.3 is 9.84 Å². The number of nitrogens with one attached hydrogen (secondary N) is 1. The first kappa shape index (κ1) is 22.2. The molecule has 4 rings (SSSR count). The van der Waals surface area contributed by atoms with Crippen molar-refractivity contribution in [2.24, 2.45) is 11.8 Å². The molecule has 0 aliphatic carbocycles. The molecule has 168 valence electrons. The van der Waals surface area contributed by atoms with Crippen molar-refractivity contribution in [3.63, 3.8) is 0 Å². The average Bonchev–Trinajstić information content (AvgIpc) is 3.31. The maximum atomic E-state index is 12.7. The van der Waals surface area contributed by atoms with Crippen molar-refractivity contribution in [2.75, 3.05) is 19.6 Å². The molecule has 1 unspecified atom stereocenters. The second-order valence-electron chi connectivity index (χ2n) is 8.64. The van der Waals surface area contributed by atoms with Gasteiger partial charge in [-0.1, -0.05) is 79.2 Å². The highest BCUT2D eigenvalue weighted by atomic mass is 16.5. The summed E-state index contributed by atoms with van der Waals surface area (Å²) in [6.45, 7) is 5.29. The molecule has 1 aliphatic rings. The molecule has 0 spiro atoms. The summed E-state index contributed by atoms with van der Waals surface area (Å²) >= 11 is 0. The van der Waals surface area contributed by atoms with Gasteiger partial charge in [0.25, 0.3) is 0 Å². The van der Waals surface area contributed by atoms with Crippen LogP contribution >= 0.6 is 0 Å². The first-order valence-corrected chi connectivity index (χ1v) is 11.6. The van der Waals surface area contributed by atoms with Crippen LogP contribution in [0.15, 0.2) is 65.2 Å². The van der Waals surface area contributed by atoms with Crippen molar-refractivity contribution in [1.29, 1.82) is 0 Å². The summed E-state index contributed by atoms with van der Waals surface area (Å²) in [6, 6.07) is 20.4. The Kier molecular flexibility index (Phi) is 7.67. The molecule has 1 atom stereocenters. The van der Waals surface area contributed by atoms with E-state index in [2.05, 4.69) is 51.5 Å². The smallest absolute Gasteiger partial charge is 0.241 e.